The Balaban J connectivity index is 1.73. The maximum Gasteiger partial charge on any atom is 0.256 e. The Hall–Kier alpha value is -2.99. The van der Waals surface area contributed by atoms with E-state index >= 15 is 0 Å². The molecule has 3 heterocycles. The molecular weight excluding hydrogens is 368 g/mol. The van der Waals surface area contributed by atoms with E-state index in [1.165, 1.54) is 4.88 Å². The fourth-order valence-corrected chi connectivity index (χ4v) is 4.10. The number of aryl methyl sites for hydroxylation is 3. The van der Waals surface area contributed by atoms with Crippen molar-refractivity contribution in [2.24, 2.45) is 0 Å². The quantitative estimate of drug-likeness (QED) is 0.523. The first-order valence-corrected chi connectivity index (χ1v) is 10.2. The highest BCUT2D eigenvalue weighted by atomic mass is 32.1. The molecule has 0 aliphatic heterocycles. The number of anilines is 1. The Labute approximate surface area is 168 Å². The van der Waals surface area contributed by atoms with Crippen molar-refractivity contribution in [2.45, 2.75) is 33.7 Å². The number of aromatic nitrogens is 3. The van der Waals surface area contributed by atoms with E-state index in [1.54, 1.807) is 17.5 Å². The van der Waals surface area contributed by atoms with Gasteiger partial charge in [-0.15, -0.1) is 11.3 Å². The van der Waals surface area contributed by atoms with Gasteiger partial charge >= 0.3 is 0 Å². The van der Waals surface area contributed by atoms with Crippen LogP contribution < -0.4 is 5.32 Å². The van der Waals surface area contributed by atoms with Gasteiger partial charge in [0.05, 0.1) is 23.7 Å². The van der Waals surface area contributed by atoms with Crippen molar-refractivity contribution in [2.75, 3.05) is 5.32 Å². The number of rotatable bonds is 5. The van der Waals surface area contributed by atoms with Crippen molar-refractivity contribution in [1.29, 1.82) is 0 Å². The zero-order valence-electron chi connectivity index (χ0n) is 16.2. The van der Waals surface area contributed by atoms with Crippen molar-refractivity contribution in [3.63, 3.8) is 0 Å². The van der Waals surface area contributed by atoms with Crippen LogP contribution in [0.3, 0.4) is 0 Å². The molecule has 0 aliphatic rings. The minimum absolute atomic E-state index is 0.129. The van der Waals surface area contributed by atoms with Crippen LogP contribution in [0.15, 0.2) is 48.0 Å². The smallest absolute Gasteiger partial charge is 0.256 e. The van der Waals surface area contributed by atoms with Gasteiger partial charge in [0.15, 0.2) is 5.65 Å². The number of amides is 1. The van der Waals surface area contributed by atoms with Gasteiger partial charge in [0.2, 0.25) is 0 Å². The molecule has 0 saturated carbocycles. The molecule has 0 fully saturated rings. The minimum Gasteiger partial charge on any atom is -0.321 e. The van der Waals surface area contributed by atoms with Crippen molar-refractivity contribution < 1.29 is 4.79 Å². The standard InChI is InChI=1S/C22H22N4OS/c1-4-16-8-5-7-14(2)20(16)25-22(27)18-11-15(3)24-21-19(18)12-23-26(21)13-17-9-6-10-28-17/h5-12H,4,13H2,1-3H3,(H,25,27). The molecule has 3 aromatic heterocycles. The number of carbonyl (C=O) groups excluding carboxylic acids is 1. The van der Waals surface area contributed by atoms with Gasteiger partial charge in [-0.25, -0.2) is 9.67 Å². The molecule has 4 aromatic rings. The Morgan fingerprint density at radius 3 is 2.82 bits per heavy atom. The predicted molar refractivity (Wildman–Crippen MR) is 114 cm³/mol. The van der Waals surface area contributed by atoms with Crippen LogP contribution in [0.25, 0.3) is 11.0 Å². The molecule has 1 N–H and O–H groups in total. The molecule has 0 radical (unpaired) electrons. The van der Waals surface area contributed by atoms with Gasteiger partial charge in [-0.3, -0.25) is 4.79 Å². The molecule has 0 unspecified atom stereocenters. The van der Waals surface area contributed by atoms with Gasteiger partial charge in [0.1, 0.15) is 0 Å². The van der Waals surface area contributed by atoms with E-state index in [0.29, 0.717) is 12.1 Å². The van der Waals surface area contributed by atoms with Crippen LogP contribution in [0.5, 0.6) is 0 Å². The normalized spacial score (nSPS) is 11.1. The van der Waals surface area contributed by atoms with Crippen molar-refractivity contribution in [1.82, 2.24) is 14.8 Å². The van der Waals surface area contributed by atoms with Crippen LogP contribution in [-0.4, -0.2) is 20.7 Å². The number of nitrogens with one attached hydrogen (secondary N) is 1. The van der Waals surface area contributed by atoms with E-state index < -0.39 is 0 Å². The van der Waals surface area contributed by atoms with Crippen LogP contribution >= 0.6 is 11.3 Å². The summed E-state index contributed by atoms with van der Waals surface area (Å²) in [6, 6.07) is 12.0. The monoisotopic (exact) mass is 390 g/mol. The van der Waals surface area contributed by atoms with Gasteiger partial charge in [-0.05, 0) is 48.9 Å². The molecular formula is C22H22N4OS. The number of benzene rings is 1. The van der Waals surface area contributed by atoms with E-state index in [4.69, 9.17) is 0 Å². The number of pyridine rings is 1. The highest BCUT2D eigenvalue weighted by Crippen LogP contribution is 2.25. The summed E-state index contributed by atoms with van der Waals surface area (Å²) in [6.07, 6.45) is 2.60. The Bertz CT molecular complexity index is 1150. The molecule has 1 amide bonds. The zero-order chi connectivity index (χ0) is 19.7. The third kappa shape index (κ3) is 3.43. The van der Waals surface area contributed by atoms with Gasteiger partial charge in [-0.1, -0.05) is 31.2 Å². The second-order valence-electron chi connectivity index (χ2n) is 6.85. The molecule has 5 nitrogen and oxygen atoms in total. The topological polar surface area (TPSA) is 59.8 Å². The van der Waals surface area contributed by atoms with Crippen molar-refractivity contribution in [3.05, 3.63) is 75.2 Å². The van der Waals surface area contributed by atoms with Crippen LogP contribution in [0.2, 0.25) is 0 Å². The number of thiophene rings is 1. The van der Waals surface area contributed by atoms with Crippen LogP contribution in [-0.2, 0) is 13.0 Å². The van der Waals surface area contributed by atoms with E-state index in [-0.39, 0.29) is 5.91 Å². The maximum absolute atomic E-state index is 13.2. The molecule has 0 saturated heterocycles. The van der Waals surface area contributed by atoms with E-state index in [9.17, 15) is 4.79 Å². The number of hydrogen-bond acceptors (Lipinski definition) is 4. The summed E-state index contributed by atoms with van der Waals surface area (Å²) in [4.78, 5) is 19.0. The van der Waals surface area contributed by atoms with Gasteiger partial charge in [0.25, 0.3) is 5.91 Å². The summed E-state index contributed by atoms with van der Waals surface area (Å²) in [5, 5.41) is 10.4. The lowest BCUT2D eigenvalue weighted by atomic mass is 10.0. The molecule has 0 bridgehead atoms. The number of nitrogens with zero attached hydrogens (tertiary/aromatic N) is 3. The average Bonchev–Trinajstić information content (AvgIpc) is 3.33. The maximum atomic E-state index is 13.2. The zero-order valence-corrected chi connectivity index (χ0v) is 17.0. The summed E-state index contributed by atoms with van der Waals surface area (Å²) >= 11 is 1.68. The second-order valence-corrected chi connectivity index (χ2v) is 7.88. The minimum atomic E-state index is -0.129. The van der Waals surface area contributed by atoms with E-state index in [1.807, 2.05) is 48.2 Å². The molecule has 4 rings (SSSR count). The lowest BCUT2D eigenvalue weighted by molar-refractivity contribution is 0.102. The number of fused-ring (bicyclic) bond motifs is 1. The van der Waals surface area contributed by atoms with Crippen LogP contribution in [0.4, 0.5) is 5.69 Å². The second kappa shape index (κ2) is 7.56. The summed E-state index contributed by atoms with van der Waals surface area (Å²) < 4.78 is 1.86. The molecule has 28 heavy (non-hydrogen) atoms. The van der Waals surface area contributed by atoms with Crippen LogP contribution in [0.1, 0.15) is 39.0 Å². The third-order valence-electron chi connectivity index (χ3n) is 4.85. The molecule has 142 valence electrons. The summed E-state index contributed by atoms with van der Waals surface area (Å²) in [6.45, 7) is 6.66. The Morgan fingerprint density at radius 1 is 1.21 bits per heavy atom. The van der Waals surface area contributed by atoms with Crippen LogP contribution in [0, 0.1) is 13.8 Å². The van der Waals surface area contributed by atoms with E-state index in [0.717, 1.165) is 40.0 Å². The van der Waals surface area contributed by atoms with Gasteiger partial charge in [-0.2, -0.15) is 5.10 Å². The van der Waals surface area contributed by atoms with E-state index in [2.05, 4.69) is 34.5 Å². The Kier molecular flexibility index (Phi) is 4.96. The Morgan fingerprint density at radius 2 is 2.07 bits per heavy atom. The fourth-order valence-electron chi connectivity index (χ4n) is 3.41. The first kappa shape index (κ1) is 18.4. The first-order chi connectivity index (χ1) is 13.6. The SMILES string of the molecule is CCc1cccc(C)c1NC(=O)c1cc(C)nc2c1cnn2Cc1cccs1. The highest BCUT2D eigenvalue weighted by Gasteiger charge is 2.18. The number of hydrogen-bond donors (Lipinski definition) is 1. The number of carbonyl (C=O) groups is 1. The molecule has 0 spiro atoms. The summed E-state index contributed by atoms with van der Waals surface area (Å²) in [5.41, 5.74) is 5.21. The molecule has 0 aliphatic carbocycles. The molecule has 6 heteroatoms. The highest BCUT2D eigenvalue weighted by molar-refractivity contribution is 7.09. The van der Waals surface area contributed by atoms with Gasteiger partial charge in [0, 0.05) is 16.3 Å². The largest absolute Gasteiger partial charge is 0.321 e. The lowest BCUT2D eigenvalue weighted by Crippen LogP contribution is -2.15. The molecule has 1 aromatic carbocycles. The van der Waals surface area contributed by atoms with Crippen molar-refractivity contribution >= 4 is 34.0 Å². The van der Waals surface area contributed by atoms with Crippen molar-refractivity contribution in [3.8, 4) is 0 Å². The predicted octanol–water partition coefficient (Wildman–Crippen LogP) is 4.97. The lowest BCUT2D eigenvalue weighted by Gasteiger charge is -2.13. The average molecular weight is 391 g/mol. The first-order valence-electron chi connectivity index (χ1n) is 9.32. The third-order valence-corrected chi connectivity index (χ3v) is 5.71. The van der Waals surface area contributed by atoms with Gasteiger partial charge < -0.3 is 5.32 Å². The fraction of sp³-hybridized carbons (Fsp3) is 0.227. The summed E-state index contributed by atoms with van der Waals surface area (Å²) in [7, 11) is 0. The summed E-state index contributed by atoms with van der Waals surface area (Å²) in [5.74, 6) is -0.129. The number of para-hydroxylation sites is 1. The molecule has 0 atom stereocenters.